The molecule has 0 saturated heterocycles. The van der Waals surface area contributed by atoms with E-state index in [1.807, 2.05) is 13.8 Å². The van der Waals surface area contributed by atoms with Crippen LogP contribution in [0.15, 0.2) is 34.8 Å². The molecule has 9 heteroatoms. The van der Waals surface area contributed by atoms with E-state index in [-0.39, 0.29) is 12.1 Å². The van der Waals surface area contributed by atoms with Gasteiger partial charge in [-0.05, 0) is 43.7 Å². The zero-order chi connectivity index (χ0) is 20.0. The number of halogens is 2. The zero-order valence-corrected chi connectivity index (χ0v) is 16.3. The normalized spacial score (nSPS) is 10.4. The lowest BCUT2D eigenvalue weighted by atomic mass is 10.1. The number of nitro groups is 1. The molecule has 0 unspecified atom stereocenters. The molecule has 0 saturated carbocycles. The summed E-state index contributed by atoms with van der Waals surface area (Å²) >= 11 is 3.40. The van der Waals surface area contributed by atoms with E-state index in [4.69, 9.17) is 9.47 Å². The quantitative estimate of drug-likeness (QED) is 0.482. The van der Waals surface area contributed by atoms with Crippen molar-refractivity contribution in [2.45, 2.75) is 20.3 Å². The van der Waals surface area contributed by atoms with Crippen LogP contribution in [0, 0.1) is 15.9 Å². The molecular weight excluding hydrogens is 423 g/mol. The van der Waals surface area contributed by atoms with Crippen molar-refractivity contribution in [2.24, 2.45) is 0 Å². The second-order valence-corrected chi connectivity index (χ2v) is 6.26. The predicted molar refractivity (Wildman–Crippen MR) is 102 cm³/mol. The fourth-order valence-electron chi connectivity index (χ4n) is 2.36. The van der Waals surface area contributed by atoms with Gasteiger partial charge in [0.05, 0.1) is 24.6 Å². The maximum absolute atomic E-state index is 13.4. The molecule has 0 radical (unpaired) electrons. The SMILES string of the molecule is CCOc1cc(Br)c(CC(=O)Nc2ccc(F)c([N+](=O)[O-])c2)cc1OCC. The maximum atomic E-state index is 13.4. The lowest BCUT2D eigenvalue weighted by molar-refractivity contribution is -0.387. The summed E-state index contributed by atoms with van der Waals surface area (Å²) in [6, 6.07) is 6.60. The number of rotatable bonds is 8. The molecule has 0 heterocycles. The van der Waals surface area contributed by atoms with Crippen molar-refractivity contribution >= 4 is 33.2 Å². The summed E-state index contributed by atoms with van der Waals surface area (Å²) in [7, 11) is 0. The first-order valence-corrected chi connectivity index (χ1v) is 8.96. The Morgan fingerprint density at radius 1 is 1.19 bits per heavy atom. The number of hydrogen-bond acceptors (Lipinski definition) is 5. The topological polar surface area (TPSA) is 90.7 Å². The molecule has 2 aromatic rings. The van der Waals surface area contributed by atoms with Gasteiger partial charge in [0.1, 0.15) is 0 Å². The number of nitro benzene ring substituents is 1. The average Bonchev–Trinajstić information content (AvgIpc) is 2.60. The highest BCUT2D eigenvalue weighted by Crippen LogP contribution is 2.34. The Bertz CT molecular complexity index is 860. The van der Waals surface area contributed by atoms with E-state index in [1.165, 1.54) is 6.07 Å². The van der Waals surface area contributed by atoms with Gasteiger partial charge >= 0.3 is 5.69 Å². The number of benzene rings is 2. The molecule has 0 spiro atoms. The molecule has 1 N–H and O–H groups in total. The van der Waals surface area contributed by atoms with E-state index in [2.05, 4.69) is 21.2 Å². The van der Waals surface area contributed by atoms with E-state index in [9.17, 15) is 19.3 Å². The van der Waals surface area contributed by atoms with Gasteiger partial charge in [-0.2, -0.15) is 4.39 Å². The fourth-order valence-corrected chi connectivity index (χ4v) is 2.82. The van der Waals surface area contributed by atoms with Crippen molar-refractivity contribution in [3.05, 3.63) is 56.3 Å². The molecule has 0 fully saturated rings. The van der Waals surface area contributed by atoms with Crippen molar-refractivity contribution in [3.8, 4) is 11.5 Å². The smallest absolute Gasteiger partial charge is 0.306 e. The van der Waals surface area contributed by atoms with Crippen molar-refractivity contribution in [1.82, 2.24) is 0 Å². The van der Waals surface area contributed by atoms with Crippen molar-refractivity contribution in [1.29, 1.82) is 0 Å². The summed E-state index contributed by atoms with van der Waals surface area (Å²) in [6.45, 7) is 4.60. The molecule has 27 heavy (non-hydrogen) atoms. The van der Waals surface area contributed by atoms with Gasteiger partial charge in [0.2, 0.25) is 11.7 Å². The molecule has 7 nitrogen and oxygen atoms in total. The standard InChI is InChI=1S/C18H18BrFN2O5/c1-3-26-16-7-11(13(19)10-17(16)27-4-2)8-18(23)21-12-5-6-14(20)15(9-12)22(24)25/h5-7,9-10H,3-4,8H2,1-2H3,(H,21,23). The van der Waals surface area contributed by atoms with Gasteiger partial charge in [-0.3, -0.25) is 14.9 Å². The monoisotopic (exact) mass is 440 g/mol. The minimum absolute atomic E-state index is 0.0156. The molecule has 0 atom stereocenters. The molecule has 2 aromatic carbocycles. The van der Waals surface area contributed by atoms with Gasteiger partial charge in [0.25, 0.3) is 0 Å². The van der Waals surface area contributed by atoms with Crippen LogP contribution in [-0.4, -0.2) is 24.0 Å². The molecule has 0 aliphatic heterocycles. The highest BCUT2D eigenvalue weighted by Gasteiger charge is 2.17. The first-order valence-electron chi connectivity index (χ1n) is 8.17. The highest BCUT2D eigenvalue weighted by molar-refractivity contribution is 9.10. The van der Waals surface area contributed by atoms with Crippen LogP contribution in [0.4, 0.5) is 15.8 Å². The third-order valence-electron chi connectivity index (χ3n) is 3.49. The van der Waals surface area contributed by atoms with Crippen molar-refractivity contribution < 1.29 is 23.6 Å². The Labute approximate surface area is 163 Å². The van der Waals surface area contributed by atoms with Crippen LogP contribution in [-0.2, 0) is 11.2 Å². The highest BCUT2D eigenvalue weighted by atomic mass is 79.9. The number of nitrogens with zero attached hydrogens (tertiary/aromatic N) is 1. The number of carbonyl (C=O) groups excluding carboxylic acids is 1. The Balaban J connectivity index is 2.19. The first kappa shape index (κ1) is 20.6. The summed E-state index contributed by atoms with van der Waals surface area (Å²) < 4.78 is 25.1. The minimum Gasteiger partial charge on any atom is -0.490 e. The van der Waals surface area contributed by atoms with Crippen molar-refractivity contribution in [3.63, 3.8) is 0 Å². The molecule has 0 bridgehead atoms. The molecular formula is C18H18BrFN2O5. The summed E-state index contributed by atoms with van der Waals surface area (Å²) in [6.07, 6.45) is -0.0156. The van der Waals surface area contributed by atoms with Gasteiger partial charge in [-0.25, -0.2) is 0 Å². The second kappa shape index (κ2) is 9.31. The van der Waals surface area contributed by atoms with E-state index in [0.29, 0.717) is 34.7 Å². The molecule has 0 aliphatic rings. The summed E-state index contributed by atoms with van der Waals surface area (Å²) in [5.74, 6) is -0.302. The van der Waals surface area contributed by atoms with Gasteiger partial charge in [-0.1, -0.05) is 15.9 Å². The Morgan fingerprint density at radius 2 is 1.81 bits per heavy atom. The van der Waals surface area contributed by atoms with E-state index in [0.717, 1.165) is 12.1 Å². The van der Waals surface area contributed by atoms with Gasteiger partial charge in [0.15, 0.2) is 11.5 Å². The predicted octanol–water partition coefficient (Wildman–Crippen LogP) is 4.48. The number of anilines is 1. The van der Waals surface area contributed by atoms with E-state index in [1.54, 1.807) is 12.1 Å². The number of carbonyl (C=O) groups is 1. The lowest BCUT2D eigenvalue weighted by Crippen LogP contribution is -2.15. The number of hydrogen-bond donors (Lipinski definition) is 1. The van der Waals surface area contributed by atoms with Crippen LogP contribution < -0.4 is 14.8 Å². The van der Waals surface area contributed by atoms with Crippen LogP contribution in [0.2, 0.25) is 0 Å². The molecule has 144 valence electrons. The Hall–Kier alpha value is -2.68. The van der Waals surface area contributed by atoms with Crippen LogP contribution in [0.5, 0.6) is 11.5 Å². The summed E-state index contributed by atoms with van der Waals surface area (Å²) in [5, 5.41) is 13.3. The number of ether oxygens (including phenoxy) is 2. The maximum Gasteiger partial charge on any atom is 0.306 e. The first-order chi connectivity index (χ1) is 12.8. The van der Waals surface area contributed by atoms with Gasteiger partial charge in [0, 0.05) is 16.2 Å². The lowest BCUT2D eigenvalue weighted by Gasteiger charge is -2.14. The second-order valence-electron chi connectivity index (χ2n) is 5.40. The number of amides is 1. The van der Waals surface area contributed by atoms with Crippen LogP contribution in [0.25, 0.3) is 0 Å². The third-order valence-corrected chi connectivity index (χ3v) is 4.23. The molecule has 0 aliphatic carbocycles. The van der Waals surface area contributed by atoms with Gasteiger partial charge < -0.3 is 14.8 Å². The van der Waals surface area contributed by atoms with Gasteiger partial charge in [-0.15, -0.1) is 0 Å². The van der Waals surface area contributed by atoms with Crippen LogP contribution >= 0.6 is 15.9 Å². The molecule has 2 rings (SSSR count). The molecule has 1 amide bonds. The van der Waals surface area contributed by atoms with Crippen LogP contribution in [0.1, 0.15) is 19.4 Å². The minimum atomic E-state index is -0.964. The Morgan fingerprint density at radius 3 is 2.41 bits per heavy atom. The average molecular weight is 441 g/mol. The van der Waals surface area contributed by atoms with Crippen LogP contribution in [0.3, 0.4) is 0 Å². The largest absolute Gasteiger partial charge is 0.490 e. The zero-order valence-electron chi connectivity index (χ0n) is 14.8. The fraction of sp³-hybridized carbons (Fsp3) is 0.278. The van der Waals surface area contributed by atoms with E-state index >= 15 is 0 Å². The molecule has 0 aromatic heterocycles. The number of nitrogens with one attached hydrogen (secondary N) is 1. The summed E-state index contributed by atoms with van der Waals surface area (Å²) in [4.78, 5) is 22.3. The third kappa shape index (κ3) is 5.40. The van der Waals surface area contributed by atoms with Crippen molar-refractivity contribution in [2.75, 3.05) is 18.5 Å². The van der Waals surface area contributed by atoms with E-state index < -0.39 is 22.3 Å². The summed E-state index contributed by atoms with van der Waals surface area (Å²) in [5.41, 5.74) is 0.0879. The Kier molecular flexibility index (Phi) is 7.12.